The van der Waals surface area contributed by atoms with Gasteiger partial charge in [-0.1, -0.05) is 30.3 Å². The van der Waals surface area contributed by atoms with E-state index >= 15 is 0 Å². The Morgan fingerprint density at radius 2 is 1.83 bits per heavy atom. The number of H-pyrrole nitrogens is 1. The van der Waals surface area contributed by atoms with Gasteiger partial charge in [-0.05, 0) is 12.1 Å². The van der Waals surface area contributed by atoms with Crippen LogP contribution in [-0.4, -0.2) is 15.1 Å². The van der Waals surface area contributed by atoms with E-state index in [9.17, 15) is 9.90 Å². The number of fused-ring (bicyclic) bond motifs is 1. The van der Waals surface area contributed by atoms with E-state index in [1.807, 2.05) is 30.3 Å². The van der Waals surface area contributed by atoms with Crippen molar-refractivity contribution in [3.63, 3.8) is 0 Å². The van der Waals surface area contributed by atoms with Gasteiger partial charge < -0.3 is 10.1 Å². The summed E-state index contributed by atoms with van der Waals surface area (Å²) in [6.45, 7) is 0. The quantitative estimate of drug-likeness (QED) is 0.683. The fourth-order valence-electron chi connectivity index (χ4n) is 1.92. The molecule has 2 aromatic heterocycles. The topological polar surface area (TPSA) is 66.0 Å². The first-order chi connectivity index (χ1) is 8.77. The van der Waals surface area contributed by atoms with Gasteiger partial charge in [0.2, 0.25) is 5.43 Å². The lowest BCUT2D eigenvalue weighted by Crippen LogP contribution is -2.05. The van der Waals surface area contributed by atoms with Crippen molar-refractivity contribution < 1.29 is 5.11 Å². The molecule has 0 amide bonds. The Morgan fingerprint density at radius 1 is 1.06 bits per heavy atom. The second-order valence-electron chi connectivity index (χ2n) is 3.94. The predicted molar refractivity (Wildman–Crippen MR) is 69.5 cm³/mol. The lowest BCUT2D eigenvalue weighted by molar-refractivity contribution is 0.471. The van der Waals surface area contributed by atoms with Gasteiger partial charge in [-0.15, -0.1) is 0 Å². The van der Waals surface area contributed by atoms with Gasteiger partial charge in [0.05, 0.1) is 11.1 Å². The molecule has 0 saturated carbocycles. The summed E-state index contributed by atoms with van der Waals surface area (Å²) in [4.78, 5) is 19.1. The molecule has 4 nitrogen and oxygen atoms in total. The zero-order valence-electron chi connectivity index (χ0n) is 9.42. The maximum absolute atomic E-state index is 12.0. The molecule has 0 radical (unpaired) electrons. The van der Waals surface area contributed by atoms with Crippen LogP contribution in [0.15, 0.2) is 53.5 Å². The predicted octanol–water partition coefficient (Wildman–Crippen LogP) is 2.30. The summed E-state index contributed by atoms with van der Waals surface area (Å²) >= 11 is 0. The zero-order chi connectivity index (χ0) is 12.5. The van der Waals surface area contributed by atoms with E-state index in [4.69, 9.17) is 0 Å². The monoisotopic (exact) mass is 238 g/mol. The van der Waals surface area contributed by atoms with Crippen LogP contribution in [0.3, 0.4) is 0 Å². The number of hydrogen-bond acceptors (Lipinski definition) is 3. The van der Waals surface area contributed by atoms with Gasteiger partial charge in [0, 0.05) is 11.8 Å². The third kappa shape index (κ3) is 1.55. The average molecular weight is 238 g/mol. The number of nitrogens with one attached hydrogen (secondary N) is 1. The lowest BCUT2D eigenvalue weighted by atomic mass is 10.1. The Kier molecular flexibility index (Phi) is 2.34. The number of aromatic hydroxyl groups is 1. The number of benzene rings is 1. The Morgan fingerprint density at radius 3 is 2.61 bits per heavy atom. The van der Waals surface area contributed by atoms with Crippen molar-refractivity contribution in [2.45, 2.75) is 0 Å². The van der Waals surface area contributed by atoms with Gasteiger partial charge in [-0.3, -0.25) is 4.79 Å². The van der Waals surface area contributed by atoms with E-state index in [-0.39, 0.29) is 5.75 Å². The minimum Gasteiger partial charge on any atom is -0.503 e. The summed E-state index contributed by atoms with van der Waals surface area (Å²) in [7, 11) is 0. The van der Waals surface area contributed by atoms with Crippen LogP contribution in [0.2, 0.25) is 0 Å². The first-order valence-electron chi connectivity index (χ1n) is 5.53. The van der Waals surface area contributed by atoms with E-state index in [1.54, 1.807) is 18.3 Å². The normalized spacial score (nSPS) is 10.7. The Balaban J connectivity index is 2.38. The molecule has 88 valence electrons. The SMILES string of the molecule is O=c1c(O)c(-c2ccccc2)[nH]c2ncccc12. The summed E-state index contributed by atoms with van der Waals surface area (Å²) in [6, 6.07) is 12.5. The lowest BCUT2D eigenvalue weighted by Gasteiger charge is -2.06. The van der Waals surface area contributed by atoms with Crippen LogP contribution in [0.4, 0.5) is 0 Å². The van der Waals surface area contributed by atoms with E-state index in [2.05, 4.69) is 9.97 Å². The molecule has 0 fully saturated rings. The minimum absolute atomic E-state index is 0.276. The highest BCUT2D eigenvalue weighted by atomic mass is 16.3. The van der Waals surface area contributed by atoms with Crippen LogP contribution in [0.5, 0.6) is 5.75 Å². The second kappa shape index (κ2) is 4.00. The van der Waals surface area contributed by atoms with E-state index in [0.29, 0.717) is 16.7 Å². The molecule has 4 heteroatoms. The Bertz CT molecular complexity index is 764. The average Bonchev–Trinajstić information content (AvgIpc) is 2.44. The highest BCUT2D eigenvalue weighted by Crippen LogP contribution is 2.25. The number of pyridine rings is 2. The molecule has 2 heterocycles. The molecular weight excluding hydrogens is 228 g/mol. The van der Waals surface area contributed by atoms with Crippen molar-refractivity contribution in [1.82, 2.24) is 9.97 Å². The fraction of sp³-hybridized carbons (Fsp3) is 0. The molecule has 3 aromatic rings. The smallest absolute Gasteiger partial charge is 0.233 e. The van der Waals surface area contributed by atoms with Crippen molar-refractivity contribution in [1.29, 1.82) is 0 Å². The highest BCUT2D eigenvalue weighted by molar-refractivity contribution is 5.81. The van der Waals surface area contributed by atoms with E-state index in [0.717, 1.165) is 5.56 Å². The number of nitrogens with zero attached hydrogens (tertiary/aromatic N) is 1. The van der Waals surface area contributed by atoms with Crippen molar-refractivity contribution in [3.05, 3.63) is 58.9 Å². The molecule has 3 rings (SSSR count). The van der Waals surface area contributed by atoms with Crippen molar-refractivity contribution in [2.24, 2.45) is 0 Å². The molecule has 18 heavy (non-hydrogen) atoms. The first-order valence-corrected chi connectivity index (χ1v) is 5.53. The molecule has 0 aliphatic carbocycles. The summed E-state index contributed by atoms with van der Waals surface area (Å²) in [5, 5.41) is 10.4. The van der Waals surface area contributed by atoms with Gasteiger partial charge >= 0.3 is 0 Å². The largest absolute Gasteiger partial charge is 0.503 e. The van der Waals surface area contributed by atoms with Crippen LogP contribution >= 0.6 is 0 Å². The third-order valence-electron chi connectivity index (χ3n) is 2.81. The van der Waals surface area contributed by atoms with Crippen LogP contribution in [0.1, 0.15) is 0 Å². The summed E-state index contributed by atoms with van der Waals surface area (Å²) in [5.41, 5.74) is 1.21. The molecule has 1 aromatic carbocycles. The van der Waals surface area contributed by atoms with Crippen LogP contribution in [-0.2, 0) is 0 Å². The van der Waals surface area contributed by atoms with Gasteiger partial charge in [-0.2, -0.15) is 0 Å². The van der Waals surface area contributed by atoms with Crippen molar-refractivity contribution >= 4 is 11.0 Å². The summed E-state index contributed by atoms with van der Waals surface area (Å²) in [5.74, 6) is -0.276. The first kappa shape index (κ1) is 10.5. The number of aromatic amines is 1. The second-order valence-corrected chi connectivity index (χ2v) is 3.94. The van der Waals surface area contributed by atoms with Crippen LogP contribution < -0.4 is 5.43 Å². The van der Waals surface area contributed by atoms with Gasteiger partial charge in [0.15, 0.2) is 5.75 Å². The summed E-state index contributed by atoms with van der Waals surface area (Å²) in [6.07, 6.45) is 1.60. The molecular formula is C14H10N2O2. The van der Waals surface area contributed by atoms with Crippen LogP contribution in [0, 0.1) is 0 Å². The summed E-state index contributed by atoms with van der Waals surface area (Å²) < 4.78 is 0. The zero-order valence-corrected chi connectivity index (χ0v) is 9.42. The van der Waals surface area contributed by atoms with Crippen molar-refractivity contribution in [3.8, 4) is 17.0 Å². The van der Waals surface area contributed by atoms with Crippen molar-refractivity contribution in [2.75, 3.05) is 0 Å². The maximum atomic E-state index is 12.0. The van der Waals surface area contributed by atoms with E-state index < -0.39 is 5.43 Å². The highest BCUT2D eigenvalue weighted by Gasteiger charge is 2.12. The van der Waals surface area contributed by atoms with Gasteiger partial charge in [-0.25, -0.2) is 4.98 Å². The molecule has 0 aliphatic heterocycles. The van der Waals surface area contributed by atoms with Crippen LogP contribution in [0.25, 0.3) is 22.3 Å². The molecule has 0 spiro atoms. The number of rotatable bonds is 1. The maximum Gasteiger partial charge on any atom is 0.233 e. The number of aromatic nitrogens is 2. The number of hydrogen-bond donors (Lipinski definition) is 2. The minimum atomic E-state index is -0.407. The van der Waals surface area contributed by atoms with E-state index in [1.165, 1.54) is 0 Å². The Hall–Kier alpha value is -2.62. The standard InChI is InChI=1S/C14H10N2O2/c17-12-10-7-4-8-15-14(10)16-11(13(12)18)9-5-2-1-3-6-9/h1-8,18H,(H,15,16,17). The van der Waals surface area contributed by atoms with Gasteiger partial charge in [0.25, 0.3) is 0 Å². The molecule has 0 unspecified atom stereocenters. The molecule has 2 N–H and O–H groups in total. The molecule has 0 saturated heterocycles. The Labute approximate surface area is 103 Å². The molecule has 0 atom stereocenters. The molecule has 0 bridgehead atoms. The fourth-order valence-corrected chi connectivity index (χ4v) is 1.92. The third-order valence-corrected chi connectivity index (χ3v) is 2.81. The van der Waals surface area contributed by atoms with Gasteiger partial charge in [0.1, 0.15) is 5.65 Å². The molecule has 0 aliphatic rings.